The molecule has 0 saturated carbocycles. The van der Waals surface area contributed by atoms with Gasteiger partial charge in [-0.1, -0.05) is 56.7 Å². The molecule has 0 spiro atoms. The van der Waals surface area contributed by atoms with E-state index in [1.54, 1.807) is 0 Å². The topological polar surface area (TPSA) is 0 Å². The van der Waals surface area contributed by atoms with Crippen molar-refractivity contribution < 1.29 is 0 Å². The van der Waals surface area contributed by atoms with Crippen LogP contribution in [0.2, 0.25) is 0 Å². The SMILES string of the molecule is [CH2]CCC/C=C/CCCC/C=C/C/C=C/CC. The normalized spacial score (nSPS) is 12.4. The number of allylic oxidation sites excluding steroid dienone is 6. The van der Waals surface area contributed by atoms with Crippen LogP contribution in [0.3, 0.4) is 0 Å². The third-order valence-electron chi connectivity index (χ3n) is 2.62. The fraction of sp³-hybridized carbons (Fsp3) is 0.588. The van der Waals surface area contributed by atoms with E-state index >= 15 is 0 Å². The van der Waals surface area contributed by atoms with E-state index in [9.17, 15) is 0 Å². The molecular formula is C17H29. The molecule has 0 aromatic carbocycles. The molecule has 0 heterocycles. The predicted octanol–water partition coefficient (Wildman–Crippen LogP) is 6.02. The van der Waals surface area contributed by atoms with Crippen LogP contribution in [0.5, 0.6) is 0 Å². The Morgan fingerprint density at radius 1 is 0.706 bits per heavy atom. The number of rotatable bonds is 11. The summed E-state index contributed by atoms with van der Waals surface area (Å²) in [6.45, 7) is 6.01. The molecule has 0 aliphatic heterocycles. The first kappa shape index (κ1) is 16.2. The van der Waals surface area contributed by atoms with Crippen LogP contribution in [-0.4, -0.2) is 0 Å². The monoisotopic (exact) mass is 233 g/mol. The van der Waals surface area contributed by atoms with Gasteiger partial charge in [-0.15, -0.1) is 0 Å². The zero-order valence-corrected chi connectivity index (χ0v) is 11.5. The first-order valence-corrected chi connectivity index (χ1v) is 7.16. The first-order chi connectivity index (χ1) is 8.41. The molecule has 97 valence electrons. The smallest absolute Gasteiger partial charge is 0.0169 e. The summed E-state index contributed by atoms with van der Waals surface area (Å²) in [5.41, 5.74) is 0. The van der Waals surface area contributed by atoms with Crippen molar-refractivity contribution in [2.75, 3.05) is 0 Å². The Hall–Kier alpha value is -0.780. The third-order valence-corrected chi connectivity index (χ3v) is 2.62. The lowest BCUT2D eigenvalue weighted by atomic mass is 10.1. The van der Waals surface area contributed by atoms with Gasteiger partial charge in [0.1, 0.15) is 0 Å². The highest BCUT2D eigenvalue weighted by molar-refractivity contribution is 4.92. The lowest BCUT2D eigenvalue weighted by molar-refractivity contribution is 0.757. The maximum absolute atomic E-state index is 3.83. The Kier molecular flexibility index (Phi) is 14.5. The minimum Gasteiger partial charge on any atom is -0.0885 e. The van der Waals surface area contributed by atoms with Gasteiger partial charge >= 0.3 is 0 Å². The average Bonchev–Trinajstić information content (AvgIpc) is 2.35. The number of unbranched alkanes of at least 4 members (excludes halogenated alkanes) is 5. The molecule has 0 saturated heterocycles. The van der Waals surface area contributed by atoms with Crippen molar-refractivity contribution >= 4 is 0 Å². The van der Waals surface area contributed by atoms with Gasteiger partial charge in [0, 0.05) is 0 Å². The van der Waals surface area contributed by atoms with Gasteiger partial charge < -0.3 is 0 Å². The van der Waals surface area contributed by atoms with Gasteiger partial charge in [0.25, 0.3) is 0 Å². The van der Waals surface area contributed by atoms with E-state index in [-0.39, 0.29) is 0 Å². The quantitative estimate of drug-likeness (QED) is 0.302. The van der Waals surface area contributed by atoms with E-state index in [0.717, 1.165) is 19.3 Å². The van der Waals surface area contributed by atoms with Gasteiger partial charge in [-0.05, 0) is 51.4 Å². The zero-order valence-electron chi connectivity index (χ0n) is 11.5. The molecule has 0 aliphatic rings. The molecule has 0 bridgehead atoms. The molecule has 0 unspecified atom stereocenters. The van der Waals surface area contributed by atoms with E-state index in [1.165, 1.54) is 38.5 Å². The molecular weight excluding hydrogens is 204 g/mol. The largest absolute Gasteiger partial charge is 0.0885 e. The highest BCUT2D eigenvalue weighted by Gasteiger charge is 1.84. The average molecular weight is 233 g/mol. The minimum atomic E-state index is 1.06. The first-order valence-electron chi connectivity index (χ1n) is 7.16. The van der Waals surface area contributed by atoms with Crippen LogP contribution in [0.1, 0.15) is 64.7 Å². The molecule has 0 aliphatic carbocycles. The molecule has 17 heavy (non-hydrogen) atoms. The zero-order chi connectivity index (χ0) is 12.6. The van der Waals surface area contributed by atoms with Crippen molar-refractivity contribution in [2.45, 2.75) is 64.7 Å². The summed E-state index contributed by atoms with van der Waals surface area (Å²) in [5.74, 6) is 0. The van der Waals surface area contributed by atoms with Crippen LogP contribution >= 0.6 is 0 Å². The van der Waals surface area contributed by atoms with Crippen LogP contribution in [0.4, 0.5) is 0 Å². The fourth-order valence-corrected chi connectivity index (χ4v) is 1.58. The second kappa shape index (κ2) is 15.2. The molecule has 0 rings (SSSR count). The van der Waals surface area contributed by atoms with E-state index in [0.29, 0.717) is 0 Å². The van der Waals surface area contributed by atoms with Crippen LogP contribution in [-0.2, 0) is 0 Å². The maximum Gasteiger partial charge on any atom is -0.0169 e. The molecule has 0 fully saturated rings. The minimum absolute atomic E-state index is 1.06. The van der Waals surface area contributed by atoms with Crippen LogP contribution < -0.4 is 0 Å². The Morgan fingerprint density at radius 2 is 1.24 bits per heavy atom. The standard InChI is InChI=1S/C17H29/c1-3-5-7-9-11-13-15-17-16-14-12-10-8-6-4-2/h6,8-9,11-12,14H,1,3-5,7,10,13,15-17H2,2H3/b8-6+,11-9+,14-12+. The van der Waals surface area contributed by atoms with Crippen LogP contribution in [0.15, 0.2) is 36.5 Å². The van der Waals surface area contributed by atoms with Crippen molar-refractivity contribution in [1.82, 2.24) is 0 Å². The van der Waals surface area contributed by atoms with Gasteiger partial charge in [0.05, 0.1) is 0 Å². The van der Waals surface area contributed by atoms with Gasteiger partial charge in [-0.2, -0.15) is 0 Å². The second-order valence-electron chi connectivity index (χ2n) is 4.34. The number of hydrogen-bond acceptors (Lipinski definition) is 0. The lowest BCUT2D eigenvalue weighted by Crippen LogP contribution is -1.73. The molecule has 0 amide bonds. The Balaban J connectivity index is 3.17. The lowest BCUT2D eigenvalue weighted by Gasteiger charge is -1.93. The van der Waals surface area contributed by atoms with Crippen LogP contribution in [0, 0.1) is 6.92 Å². The van der Waals surface area contributed by atoms with Crippen molar-refractivity contribution in [3.05, 3.63) is 43.4 Å². The summed E-state index contributed by atoms with van der Waals surface area (Å²) >= 11 is 0. The highest BCUT2D eigenvalue weighted by atomic mass is 13.9. The van der Waals surface area contributed by atoms with Gasteiger partial charge in [0.15, 0.2) is 0 Å². The molecule has 0 aromatic rings. The van der Waals surface area contributed by atoms with E-state index in [4.69, 9.17) is 0 Å². The number of hydrogen-bond donors (Lipinski definition) is 0. The molecule has 0 N–H and O–H groups in total. The third kappa shape index (κ3) is 15.2. The maximum atomic E-state index is 3.83. The predicted molar refractivity (Wildman–Crippen MR) is 80.0 cm³/mol. The molecule has 0 aromatic heterocycles. The molecule has 0 atom stereocenters. The van der Waals surface area contributed by atoms with E-state index in [1.807, 2.05) is 0 Å². The van der Waals surface area contributed by atoms with E-state index in [2.05, 4.69) is 50.3 Å². The van der Waals surface area contributed by atoms with Crippen molar-refractivity contribution in [2.24, 2.45) is 0 Å². The van der Waals surface area contributed by atoms with Crippen molar-refractivity contribution in [3.63, 3.8) is 0 Å². The van der Waals surface area contributed by atoms with Gasteiger partial charge in [-0.3, -0.25) is 0 Å². The summed E-state index contributed by atoms with van der Waals surface area (Å²) in [4.78, 5) is 0. The van der Waals surface area contributed by atoms with Crippen molar-refractivity contribution in [1.29, 1.82) is 0 Å². The summed E-state index contributed by atoms with van der Waals surface area (Å²) < 4.78 is 0. The fourth-order valence-electron chi connectivity index (χ4n) is 1.58. The summed E-state index contributed by atoms with van der Waals surface area (Å²) in [6.07, 6.45) is 24.5. The second-order valence-corrected chi connectivity index (χ2v) is 4.34. The molecule has 0 heteroatoms. The Morgan fingerprint density at radius 3 is 1.82 bits per heavy atom. The molecule has 0 nitrogen and oxygen atoms in total. The summed E-state index contributed by atoms with van der Waals surface area (Å²) in [6, 6.07) is 0. The Labute approximate surface area is 109 Å². The van der Waals surface area contributed by atoms with Gasteiger partial charge in [-0.25, -0.2) is 0 Å². The van der Waals surface area contributed by atoms with Crippen LogP contribution in [0.25, 0.3) is 0 Å². The van der Waals surface area contributed by atoms with Crippen molar-refractivity contribution in [3.8, 4) is 0 Å². The Bertz CT molecular complexity index is 208. The highest BCUT2D eigenvalue weighted by Crippen LogP contribution is 2.04. The van der Waals surface area contributed by atoms with Gasteiger partial charge in [0.2, 0.25) is 0 Å². The summed E-state index contributed by atoms with van der Waals surface area (Å²) in [5, 5.41) is 0. The molecule has 1 radical (unpaired) electrons. The summed E-state index contributed by atoms with van der Waals surface area (Å²) in [7, 11) is 0. The van der Waals surface area contributed by atoms with E-state index < -0.39 is 0 Å².